The van der Waals surface area contributed by atoms with Gasteiger partial charge in [0.15, 0.2) is 0 Å². The van der Waals surface area contributed by atoms with Gasteiger partial charge in [-0.3, -0.25) is 0 Å². The third kappa shape index (κ3) is 7.85. The third-order valence-electron chi connectivity index (χ3n) is 14.0. The van der Waals surface area contributed by atoms with Gasteiger partial charge in [0.05, 0.1) is 18.3 Å². The molecule has 0 spiro atoms. The first-order chi connectivity index (χ1) is 31.6. The molecule has 0 amide bonds. The Morgan fingerprint density at radius 3 is 1.46 bits per heavy atom. The summed E-state index contributed by atoms with van der Waals surface area (Å²) >= 11 is 12.5. The normalized spacial score (nSPS) is 13.6. The molecule has 0 atom stereocenters. The summed E-state index contributed by atoms with van der Waals surface area (Å²) in [5, 5.41) is 16.6. The van der Waals surface area contributed by atoms with Crippen molar-refractivity contribution in [1.29, 1.82) is 0 Å². The molecule has 0 fully saturated rings. The maximum atomic E-state index is 12.4. The van der Waals surface area contributed by atoms with Crippen molar-refractivity contribution in [2.75, 3.05) is 7.11 Å². The fourth-order valence-corrected chi connectivity index (χ4v) is 11.1. The second-order valence-corrected chi connectivity index (χ2v) is 20.0. The van der Waals surface area contributed by atoms with Crippen LogP contribution in [0.15, 0.2) is 154 Å². The van der Waals surface area contributed by atoms with Crippen LogP contribution in [0.3, 0.4) is 0 Å². The number of halogens is 3. The number of furan rings is 2. The average molecular weight is 981 g/mol. The van der Waals surface area contributed by atoms with Crippen LogP contribution in [0, 0.1) is 7.43 Å². The van der Waals surface area contributed by atoms with Gasteiger partial charge < -0.3 is 38.5 Å². The van der Waals surface area contributed by atoms with Gasteiger partial charge in [-0.2, -0.15) is 0 Å². The molecule has 69 heavy (non-hydrogen) atoms. The van der Waals surface area contributed by atoms with Crippen LogP contribution in [-0.2, 0) is 21.2 Å². The molecular formula is C60H49Cl3MgO5. The van der Waals surface area contributed by atoms with Crippen molar-refractivity contribution < 1.29 is 35.9 Å². The van der Waals surface area contributed by atoms with E-state index in [4.69, 9.17) is 36.8 Å². The predicted octanol–water partition coefficient (Wildman–Crippen LogP) is 13.5. The quantitative estimate of drug-likeness (QED) is 0.108. The molecule has 0 saturated carbocycles. The topological polar surface area (TPSA) is 72.8 Å². The van der Waals surface area contributed by atoms with Gasteiger partial charge in [-0.15, -0.1) is 0 Å². The largest absolute Gasteiger partial charge is 2.00 e. The van der Waals surface area contributed by atoms with Crippen molar-refractivity contribution in [1.82, 2.24) is 0 Å². The summed E-state index contributed by atoms with van der Waals surface area (Å²) in [5.41, 5.74) is 17.4. The number of benzene rings is 8. The standard InChI is InChI=1S/C30H25ClO2.C29H21ClO3.CH3.ClH.Mg/c1-29(2)22-13-14-26-28(21-7-5-6-8-25(21)33-26)27(22)20-11-9-17(15-23(20)29)19-12-10-18(31)16-24(19)30(3,4)32;1-29(2)22-12-13-25-27(20-6-4-5-7-24(20)33-25)26(22)19-10-8-16(14-23(19)29)18-11-9-17(30)15-21(18)28(31)32-3;;;/h5-16,32H,1-4H3;4-15H,1-3H3;1H3;1H;/q;;-1;;+2/p-1. The maximum absolute atomic E-state index is 12.4. The van der Waals surface area contributed by atoms with Crippen molar-refractivity contribution in [2.24, 2.45) is 0 Å². The predicted molar refractivity (Wildman–Crippen MR) is 282 cm³/mol. The summed E-state index contributed by atoms with van der Waals surface area (Å²) < 4.78 is 17.3. The van der Waals surface area contributed by atoms with E-state index < -0.39 is 11.6 Å². The Bertz CT molecular complexity index is 3680. The Balaban J connectivity index is 0.000000178. The van der Waals surface area contributed by atoms with Crippen LogP contribution >= 0.6 is 23.2 Å². The number of para-hydroxylation sites is 2. The Kier molecular flexibility index (Phi) is 13.0. The number of carbonyl (C=O) groups excluding carboxylic acids is 1. The number of esters is 1. The summed E-state index contributed by atoms with van der Waals surface area (Å²) in [6.07, 6.45) is 0. The number of hydrogen-bond acceptors (Lipinski definition) is 5. The Labute approximate surface area is 435 Å². The van der Waals surface area contributed by atoms with Gasteiger partial charge in [0.25, 0.3) is 0 Å². The molecule has 8 aromatic carbocycles. The van der Waals surface area contributed by atoms with Crippen molar-refractivity contribution in [3.63, 3.8) is 0 Å². The maximum Gasteiger partial charge on any atom is 2.00 e. The van der Waals surface area contributed by atoms with Crippen LogP contribution in [-0.4, -0.2) is 41.2 Å². The van der Waals surface area contributed by atoms with E-state index in [-0.39, 0.29) is 53.7 Å². The number of ether oxygens (including phenoxy) is 1. The molecule has 2 heterocycles. The van der Waals surface area contributed by atoms with Crippen molar-refractivity contribution in [3.8, 4) is 44.5 Å². The molecule has 0 radical (unpaired) electrons. The summed E-state index contributed by atoms with van der Waals surface area (Å²) in [4.78, 5) is 12.4. The van der Waals surface area contributed by atoms with E-state index in [0.717, 1.165) is 66.3 Å². The molecule has 0 unspecified atom stereocenters. The van der Waals surface area contributed by atoms with Crippen LogP contribution in [0.1, 0.15) is 79.7 Å². The molecule has 0 aliphatic heterocycles. The Hall–Kier alpha value is -5.57. The minimum Gasteiger partial charge on any atom is -1.00 e. The fourth-order valence-electron chi connectivity index (χ4n) is 10.7. The van der Waals surface area contributed by atoms with E-state index in [0.29, 0.717) is 15.6 Å². The van der Waals surface area contributed by atoms with Gasteiger partial charge in [-0.25, -0.2) is 4.79 Å². The van der Waals surface area contributed by atoms with Crippen molar-refractivity contribution >= 4 is 96.1 Å². The number of hydrogen-bond donors (Lipinski definition) is 1. The zero-order valence-corrected chi connectivity index (χ0v) is 43.5. The molecule has 12 rings (SSSR count). The van der Waals surface area contributed by atoms with E-state index in [9.17, 15) is 9.90 Å². The molecule has 342 valence electrons. The summed E-state index contributed by atoms with van der Waals surface area (Å²) in [7, 11) is 1.38. The molecule has 0 saturated heterocycles. The summed E-state index contributed by atoms with van der Waals surface area (Å²) in [6.45, 7) is 12.7. The number of fused-ring (bicyclic) bond motifs is 14. The van der Waals surface area contributed by atoms with Crippen LogP contribution in [0.2, 0.25) is 10.0 Å². The van der Waals surface area contributed by atoms with Gasteiger partial charge >= 0.3 is 29.0 Å². The molecule has 2 aliphatic carbocycles. The zero-order chi connectivity index (χ0) is 46.0. The van der Waals surface area contributed by atoms with E-state index >= 15 is 0 Å². The second-order valence-electron chi connectivity index (χ2n) is 19.1. The van der Waals surface area contributed by atoms with Crippen molar-refractivity contribution in [3.05, 3.63) is 196 Å². The molecule has 10 aromatic rings. The first kappa shape index (κ1) is 49.8. The minimum atomic E-state index is -1.00. The van der Waals surface area contributed by atoms with Crippen LogP contribution in [0.5, 0.6) is 0 Å². The molecule has 9 heteroatoms. The molecule has 0 bridgehead atoms. The summed E-state index contributed by atoms with van der Waals surface area (Å²) in [5.74, 6) is -0.401. The zero-order valence-electron chi connectivity index (χ0n) is 39.8. The van der Waals surface area contributed by atoms with Crippen LogP contribution in [0.4, 0.5) is 0 Å². The molecular weight excluding hydrogens is 931 g/mol. The SMILES string of the molecule is CC(C)(O)c1cc(Cl)ccc1-c1ccc2c(c1)C(C)(C)c1ccc3oc4ccccc4c3c1-2.COC(=O)c1cc(Cl)ccc1-c1ccc2c(c1)C(C)(C)c1ccc3oc4ccccc4c3c1-2.[CH3-].[Cl-].[Mg+2]. The first-order valence-electron chi connectivity index (χ1n) is 22.2. The first-order valence-corrected chi connectivity index (χ1v) is 22.9. The third-order valence-corrected chi connectivity index (χ3v) is 14.5. The summed E-state index contributed by atoms with van der Waals surface area (Å²) in [6, 6.07) is 49.2. The number of carbonyl (C=O) groups is 1. The molecule has 1 N–H and O–H groups in total. The minimum absolute atomic E-state index is 0. The van der Waals surface area contributed by atoms with E-state index in [2.05, 4.69) is 113 Å². The van der Waals surface area contributed by atoms with Crippen LogP contribution in [0.25, 0.3) is 88.4 Å². The van der Waals surface area contributed by atoms with Gasteiger partial charge in [0.1, 0.15) is 22.3 Å². The van der Waals surface area contributed by atoms with Gasteiger partial charge in [-0.05, 0) is 147 Å². The Morgan fingerprint density at radius 1 is 0.551 bits per heavy atom. The van der Waals surface area contributed by atoms with E-state index in [1.165, 1.54) is 57.0 Å². The van der Waals surface area contributed by atoms with E-state index in [1.807, 2.05) is 48.5 Å². The van der Waals surface area contributed by atoms with Gasteiger partial charge in [-0.1, -0.05) is 136 Å². The van der Waals surface area contributed by atoms with Gasteiger partial charge in [0.2, 0.25) is 0 Å². The van der Waals surface area contributed by atoms with Gasteiger partial charge in [0, 0.05) is 42.4 Å². The average Bonchev–Trinajstić information content (AvgIpc) is 4.00. The monoisotopic (exact) mass is 978 g/mol. The number of methoxy groups -OCH3 is 1. The second kappa shape index (κ2) is 18.0. The van der Waals surface area contributed by atoms with Crippen molar-refractivity contribution in [2.45, 2.75) is 58.0 Å². The molecule has 2 aliphatic rings. The molecule has 5 nitrogen and oxygen atoms in total. The van der Waals surface area contributed by atoms with E-state index in [1.54, 1.807) is 26.0 Å². The van der Waals surface area contributed by atoms with Crippen LogP contribution < -0.4 is 12.4 Å². The number of aliphatic hydroxyl groups is 1. The number of rotatable bonds is 4. The fraction of sp³-hybridized carbons (Fsp3) is 0.167. The smallest absolute Gasteiger partial charge is 1.00 e. The molecule has 2 aromatic heterocycles. The Morgan fingerprint density at radius 2 is 0.986 bits per heavy atom.